The van der Waals surface area contributed by atoms with E-state index in [0.717, 1.165) is 12.6 Å². The molecule has 1 heterocycles. The van der Waals surface area contributed by atoms with Gasteiger partial charge in [0.1, 0.15) is 11.6 Å². The molecule has 0 aliphatic rings. The monoisotopic (exact) mass is 543 g/mol. The zero-order chi connectivity index (χ0) is 26.9. The number of alkyl halides is 3. The lowest BCUT2D eigenvalue weighted by molar-refractivity contribution is -0.179. The highest BCUT2D eigenvalue weighted by Gasteiger charge is 2.52. The van der Waals surface area contributed by atoms with Crippen molar-refractivity contribution in [3.05, 3.63) is 66.6 Å². The Kier molecular flexibility index (Phi) is 7.89. The Labute approximate surface area is 207 Å². The van der Waals surface area contributed by atoms with Crippen molar-refractivity contribution in [2.45, 2.75) is 16.3 Å². The molecule has 0 spiro atoms. The molecular weight excluding hydrogens is 519 g/mol. The number of rotatable bonds is 8. The molecule has 0 saturated heterocycles. The second-order valence-corrected chi connectivity index (χ2v) is 12.0. The van der Waals surface area contributed by atoms with Gasteiger partial charge in [0.2, 0.25) is 0 Å². The first kappa shape index (κ1) is 27.7. The minimum absolute atomic E-state index is 0.0146. The zero-order valence-corrected chi connectivity index (χ0v) is 21.1. The Morgan fingerprint density at radius 3 is 1.97 bits per heavy atom. The predicted molar refractivity (Wildman–Crippen MR) is 128 cm³/mol. The number of halogens is 3. The molecule has 1 aromatic heterocycles. The van der Waals surface area contributed by atoms with Gasteiger partial charge < -0.3 is 4.90 Å². The van der Waals surface area contributed by atoms with E-state index in [0.29, 0.717) is 11.1 Å². The molecule has 2 atom stereocenters. The van der Waals surface area contributed by atoms with Crippen LogP contribution >= 0.6 is 0 Å². The minimum atomic E-state index is -5.32. The summed E-state index contributed by atoms with van der Waals surface area (Å²) in [6, 6.07) is 13.4. The number of nitrogens with zero attached hydrogens (tertiary/aromatic N) is 3. The van der Waals surface area contributed by atoms with Crippen LogP contribution in [0.15, 0.2) is 65.8 Å². The van der Waals surface area contributed by atoms with Gasteiger partial charge >= 0.3 is 6.18 Å². The van der Waals surface area contributed by atoms with Gasteiger partial charge in [0.25, 0.3) is 10.1 Å². The van der Waals surface area contributed by atoms with Gasteiger partial charge in [0.05, 0.1) is 22.2 Å². The average molecular weight is 544 g/mol. The molecule has 0 saturated carbocycles. The van der Waals surface area contributed by atoms with E-state index < -0.39 is 49.5 Å². The second kappa shape index (κ2) is 10.2. The molecule has 0 radical (unpaired) electrons. The van der Waals surface area contributed by atoms with Gasteiger partial charge in [0.15, 0.2) is 9.84 Å². The summed E-state index contributed by atoms with van der Waals surface area (Å²) in [7, 11) is -6.13. The van der Waals surface area contributed by atoms with Crippen molar-refractivity contribution < 1.29 is 34.6 Å². The van der Waals surface area contributed by atoms with E-state index in [1.165, 1.54) is 43.3 Å². The third-order valence-corrected chi connectivity index (χ3v) is 7.76. The van der Waals surface area contributed by atoms with Gasteiger partial charge in [-0.05, 0) is 31.8 Å². The van der Waals surface area contributed by atoms with Crippen LogP contribution in [-0.4, -0.2) is 69.3 Å². The fraction of sp³-hybridized carbons (Fsp3) is 0.304. The molecule has 3 aromatic rings. The normalized spacial score (nSPS) is 14.6. The standard InChI is InChI=1S/C23H24F3N3O5S2/c1-29(2)13-18(23(24,25)26)22(36(32,33)34)21-19(15-7-5-4-6-8-15)20(27-14-28-21)16-9-11-17(12-10-16)35(3,30)31/h4-12,14,18,22H,13H2,1-3H3,(H,32,33,34). The topological polar surface area (TPSA) is 118 Å². The smallest absolute Gasteiger partial charge is 0.309 e. The third kappa shape index (κ3) is 6.27. The fourth-order valence-corrected chi connectivity index (χ4v) is 5.63. The summed E-state index contributed by atoms with van der Waals surface area (Å²) < 4.78 is 101. The van der Waals surface area contributed by atoms with Gasteiger partial charge in [-0.2, -0.15) is 21.6 Å². The molecule has 13 heteroatoms. The Morgan fingerprint density at radius 2 is 1.50 bits per heavy atom. The van der Waals surface area contributed by atoms with Crippen LogP contribution in [0, 0.1) is 5.92 Å². The van der Waals surface area contributed by atoms with Crippen LogP contribution in [0.1, 0.15) is 10.9 Å². The molecule has 2 aromatic carbocycles. The highest BCUT2D eigenvalue weighted by molar-refractivity contribution is 7.90. The summed E-state index contributed by atoms with van der Waals surface area (Å²) in [5.41, 5.74) is 0.154. The Morgan fingerprint density at radius 1 is 0.917 bits per heavy atom. The van der Waals surface area contributed by atoms with Crippen LogP contribution in [-0.2, 0) is 20.0 Å². The van der Waals surface area contributed by atoms with Crippen molar-refractivity contribution in [2.24, 2.45) is 5.92 Å². The van der Waals surface area contributed by atoms with Crippen LogP contribution in [0.4, 0.5) is 13.2 Å². The first-order valence-electron chi connectivity index (χ1n) is 10.5. The maximum atomic E-state index is 14.2. The van der Waals surface area contributed by atoms with Crippen LogP contribution in [0.5, 0.6) is 0 Å². The van der Waals surface area contributed by atoms with E-state index in [4.69, 9.17) is 0 Å². The van der Waals surface area contributed by atoms with Crippen LogP contribution in [0.2, 0.25) is 0 Å². The summed E-state index contributed by atoms with van der Waals surface area (Å²) >= 11 is 0. The molecular formula is C23H24F3N3O5S2. The van der Waals surface area contributed by atoms with E-state index >= 15 is 0 Å². The molecule has 0 aliphatic heterocycles. The second-order valence-electron chi connectivity index (χ2n) is 8.49. The van der Waals surface area contributed by atoms with Gasteiger partial charge in [-0.3, -0.25) is 4.55 Å². The van der Waals surface area contributed by atoms with Crippen molar-refractivity contribution in [3.63, 3.8) is 0 Å². The highest BCUT2D eigenvalue weighted by atomic mass is 32.2. The quantitative estimate of drug-likeness (QED) is 0.426. The van der Waals surface area contributed by atoms with Gasteiger partial charge in [-0.1, -0.05) is 42.5 Å². The van der Waals surface area contributed by atoms with Gasteiger partial charge in [0, 0.05) is 23.9 Å². The summed E-state index contributed by atoms with van der Waals surface area (Å²) in [5.74, 6) is -2.51. The highest BCUT2D eigenvalue weighted by Crippen LogP contribution is 2.45. The number of aromatic nitrogens is 2. The number of hydrogen-bond donors (Lipinski definition) is 1. The average Bonchev–Trinajstić information content (AvgIpc) is 2.77. The zero-order valence-electron chi connectivity index (χ0n) is 19.5. The number of benzene rings is 2. The Balaban J connectivity index is 2.37. The van der Waals surface area contributed by atoms with E-state index in [1.807, 2.05) is 0 Å². The van der Waals surface area contributed by atoms with Crippen molar-refractivity contribution in [2.75, 3.05) is 26.9 Å². The van der Waals surface area contributed by atoms with Crippen LogP contribution in [0.3, 0.4) is 0 Å². The number of sulfone groups is 1. The fourth-order valence-electron chi connectivity index (χ4n) is 3.89. The molecule has 2 unspecified atom stereocenters. The molecule has 8 nitrogen and oxygen atoms in total. The maximum absolute atomic E-state index is 14.2. The van der Waals surface area contributed by atoms with Crippen molar-refractivity contribution in [1.29, 1.82) is 0 Å². The molecule has 3 rings (SSSR count). The summed E-state index contributed by atoms with van der Waals surface area (Å²) in [6.07, 6.45) is -3.05. The van der Waals surface area contributed by atoms with Crippen LogP contribution < -0.4 is 0 Å². The van der Waals surface area contributed by atoms with Crippen LogP contribution in [0.25, 0.3) is 22.4 Å². The summed E-state index contributed by atoms with van der Waals surface area (Å²) in [5, 5.41) is -2.45. The largest absolute Gasteiger partial charge is 0.394 e. The Bertz CT molecular complexity index is 1430. The molecule has 0 fully saturated rings. The van der Waals surface area contributed by atoms with Crippen molar-refractivity contribution >= 4 is 20.0 Å². The SMILES string of the molecule is CN(C)CC(C(c1ncnc(-c2ccc(S(C)(=O)=O)cc2)c1-c1ccccc1)S(=O)(=O)O)C(F)(F)F. The lowest BCUT2D eigenvalue weighted by Gasteiger charge is -2.30. The first-order chi connectivity index (χ1) is 16.6. The molecule has 1 N–H and O–H groups in total. The predicted octanol–water partition coefficient (Wildman–Crippen LogP) is 3.88. The first-order valence-corrected chi connectivity index (χ1v) is 13.9. The van der Waals surface area contributed by atoms with Gasteiger partial charge in [-0.15, -0.1) is 0 Å². The summed E-state index contributed by atoms with van der Waals surface area (Å²) in [6.45, 7) is -0.732. The molecule has 0 amide bonds. The van der Waals surface area contributed by atoms with Gasteiger partial charge in [-0.25, -0.2) is 18.4 Å². The van der Waals surface area contributed by atoms with Crippen molar-refractivity contribution in [3.8, 4) is 22.4 Å². The third-order valence-electron chi connectivity index (χ3n) is 5.43. The lowest BCUT2D eigenvalue weighted by Crippen LogP contribution is -2.40. The van der Waals surface area contributed by atoms with E-state index in [1.54, 1.807) is 30.3 Å². The summed E-state index contributed by atoms with van der Waals surface area (Å²) in [4.78, 5) is 9.32. The van der Waals surface area contributed by atoms with E-state index in [2.05, 4.69) is 9.97 Å². The molecule has 36 heavy (non-hydrogen) atoms. The van der Waals surface area contributed by atoms with Crippen molar-refractivity contribution in [1.82, 2.24) is 14.9 Å². The molecule has 0 bridgehead atoms. The minimum Gasteiger partial charge on any atom is -0.309 e. The number of hydrogen-bond acceptors (Lipinski definition) is 7. The lowest BCUT2D eigenvalue weighted by atomic mass is 9.92. The Hall–Kier alpha value is -2.87. The molecule has 194 valence electrons. The van der Waals surface area contributed by atoms with E-state index in [-0.39, 0.29) is 16.2 Å². The van der Waals surface area contributed by atoms with E-state index in [9.17, 15) is 34.6 Å². The maximum Gasteiger partial charge on any atom is 0.394 e. The molecule has 0 aliphatic carbocycles.